The maximum absolute atomic E-state index is 11.8. The summed E-state index contributed by atoms with van der Waals surface area (Å²) in [7, 11) is 0. The minimum atomic E-state index is -0.408. The summed E-state index contributed by atoms with van der Waals surface area (Å²) in [5.74, 6) is -0.128. The van der Waals surface area contributed by atoms with Crippen LogP contribution in [0.3, 0.4) is 0 Å². The van der Waals surface area contributed by atoms with E-state index in [-0.39, 0.29) is 11.9 Å². The lowest BCUT2D eigenvalue weighted by Gasteiger charge is -2.09. The van der Waals surface area contributed by atoms with Crippen molar-refractivity contribution < 1.29 is 9.59 Å². The normalized spacial score (nSPS) is 20.1. The van der Waals surface area contributed by atoms with Crippen molar-refractivity contribution in [3.8, 4) is 0 Å². The number of hydrogen-bond donors (Lipinski definition) is 1. The molecule has 0 saturated carbocycles. The number of carbonyl (C=O) groups is 2. The van der Waals surface area contributed by atoms with Gasteiger partial charge in [-0.25, -0.2) is 4.79 Å². The summed E-state index contributed by atoms with van der Waals surface area (Å²) < 4.78 is 0. The van der Waals surface area contributed by atoms with E-state index in [9.17, 15) is 9.59 Å². The topological polar surface area (TPSA) is 49.4 Å². The molecular formula is C12H14N2O2. The van der Waals surface area contributed by atoms with Crippen LogP contribution in [0.2, 0.25) is 0 Å². The van der Waals surface area contributed by atoms with Crippen LogP contribution in [0.15, 0.2) is 30.3 Å². The van der Waals surface area contributed by atoms with Crippen molar-refractivity contribution in [3.05, 3.63) is 35.9 Å². The van der Waals surface area contributed by atoms with Gasteiger partial charge >= 0.3 is 6.03 Å². The Morgan fingerprint density at radius 3 is 2.50 bits per heavy atom. The van der Waals surface area contributed by atoms with E-state index < -0.39 is 6.04 Å². The Labute approximate surface area is 94.2 Å². The van der Waals surface area contributed by atoms with Crippen LogP contribution in [0.4, 0.5) is 4.79 Å². The second-order valence-corrected chi connectivity index (χ2v) is 3.77. The van der Waals surface area contributed by atoms with Crippen LogP contribution < -0.4 is 5.32 Å². The van der Waals surface area contributed by atoms with E-state index in [1.807, 2.05) is 30.3 Å². The molecule has 16 heavy (non-hydrogen) atoms. The number of nitrogens with zero attached hydrogens (tertiary/aromatic N) is 1. The number of rotatable bonds is 3. The van der Waals surface area contributed by atoms with Crippen molar-refractivity contribution in [1.29, 1.82) is 0 Å². The Hall–Kier alpha value is -1.84. The number of hydrogen-bond acceptors (Lipinski definition) is 2. The Bertz CT molecular complexity index is 403. The summed E-state index contributed by atoms with van der Waals surface area (Å²) >= 11 is 0. The number of imide groups is 1. The fraction of sp³-hybridized carbons (Fsp3) is 0.333. The third-order valence-electron chi connectivity index (χ3n) is 2.71. The van der Waals surface area contributed by atoms with Crippen LogP contribution in [0.5, 0.6) is 0 Å². The van der Waals surface area contributed by atoms with E-state index in [1.54, 1.807) is 6.92 Å². The number of amides is 3. The number of carbonyl (C=O) groups excluding carboxylic acids is 2. The summed E-state index contributed by atoms with van der Waals surface area (Å²) in [6.07, 6.45) is 0.557. The Kier molecular flexibility index (Phi) is 2.90. The average Bonchev–Trinajstić information content (AvgIpc) is 2.55. The first kappa shape index (κ1) is 10.7. The van der Waals surface area contributed by atoms with Gasteiger partial charge in [0.15, 0.2) is 0 Å². The predicted octanol–water partition coefficient (Wildman–Crippen LogP) is 1.17. The Balaban J connectivity index is 2.08. The molecule has 1 atom stereocenters. The zero-order valence-electron chi connectivity index (χ0n) is 9.14. The highest BCUT2D eigenvalue weighted by atomic mass is 16.2. The summed E-state index contributed by atoms with van der Waals surface area (Å²) in [4.78, 5) is 24.4. The van der Waals surface area contributed by atoms with Gasteiger partial charge in [0.05, 0.1) is 0 Å². The molecule has 0 spiro atoms. The molecule has 2 rings (SSSR count). The molecule has 3 amide bonds. The van der Waals surface area contributed by atoms with Crippen molar-refractivity contribution in [2.24, 2.45) is 0 Å². The van der Waals surface area contributed by atoms with Crippen LogP contribution >= 0.6 is 0 Å². The molecule has 4 heteroatoms. The molecule has 1 fully saturated rings. The Morgan fingerprint density at radius 1 is 1.25 bits per heavy atom. The van der Waals surface area contributed by atoms with Gasteiger partial charge < -0.3 is 5.32 Å². The summed E-state index contributed by atoms with van der Waals surface area (Å²) in [5, 5.41) is 2.69. The van der Waals surface area contributed by atoms with Gasteiger partial charge in [0.1, 0.15) is 6.04 Å². The van der Waals surface area contributed by atoms with Gasteiger partial charge in [-0.3, -0.25) is 9.69 Å². The maximum Gasteiger partial charge on any atom is 0.324 e. The van der Waals surface area contributed by atoms with Gasteiger partial charge in [0.2, 0.25) is 0 Å². The van der Waals surface area contributed by atoms with Gasteiger partial charge in [-0.05, 0) is 12.5 Å². The zero-order chi connectivity index (χ0) is 11.5. The maximum atomic E-state index is 11.8. The van der Waals surface area contributed by atoms with E-state index in [0.717, 1.165) is 5.56 Å². The Morgan fingerprint density at radius 2 is 1.94 bits per heavy atom. The van der Waals surface area contributed by atoms with Crippen LogP contribution in [0.25, 0.3) is 0 Å². The monoisotopic (exact) mass is 218 g/mol. The quantitative estimate of drug-likeness (QED) is 0.774. The van der Waals surface area contributed by atoms with E-state index in [2.05, 4.69) is 5.32 Å². The predicted molar refractivity (Wildman–Crippen MR) is 59.9 cm³/mol. The van der Waals surface area contributed by atoms with Gasteiger partial charge in [-0.15, -0.1) is 0 Å². The van der Waals surface area contributed by atoms with Crippen LogP contribution in [0.1, 0.15) is 12.5 Å². The molecule has 1 N–H and O–H groups in total. The SMILES string of the molecule is CCN1C(=O)N[C@@H](Cc2ccccc2)C1=O. The van der Waals surface area contributed by atoms with Crippen LogP contribution in [-0.4, -0.2) is 29.4 Å². The molecule has 1 heterocycles. The van der Waals surface area contributed by atoms with E-state index >= 15 is 0 Å². The van der Waals surface area contributed by atoms with Crippen molar-refractivity contribution in [2.75, 3.05) is 6.54 Å². The standard InChI is InChI=1S/C12H14N2O2/c1-2-14-11(15)10(13-12(14)16)8-9-6-4-3-5-7-9/h3-7,10H,2,8H2,1H3,(H,13,16)/t10-/m0/s1. The smallest absolute Gasteiger partial charge is 0.324 e. The van der Waals surface area contributed by atoms with Gasteiger partial charge in [-0.2, -0.15) is 0 Å². The minimum Gasteiger partial charge on any atom is -0.325 e. The molecule has 1 aliphatic rings. The van der Waals surface area contributed by atoms with Crippen molar-refractivity contribution in [1.82, 2.24) is 10.2 Å². The van der Waals surface area contributed by atoms with E-state index in [1.165, 1.54) is 4.90 Å². The lowest BCUT2D eigenvalue weighted by atomic mass is 10.1. The lowest BCUT2D eigenvalue weighted by molar-refractivity contribution is -0.127. The van der Waals surface area contributed by atoms with Crippen LogP contribution in [0, 0.1) is 0 Å². The van der Waals surface area contributed by atoms with E-state index in [0.29, 0.717) is 13.0 Å². The molecule has 0 unspecified atom stereocenters. The van der Waals surface area contributed by atoms with Gasteiger partial charge in [0, 0.05) is 13.0 Å². The van der Waals surface area contributed by atoms with Crippen molar-refractivity contribution in [2.45, 2.75) is 19.4 Å². The molecule has 84 valence electrons. The largest absolute Gasteiger partial charge is 0.325 e. The summed E-state index contributed by atoms with van der Waals surface area (Å²) in [5.41, 5.74) is 1.05. The zero-order valence-corrected chi connectivity index (χ0v) is 9.14. The molecule has 1 aliphatic heterocycles. The lowest BCUT2D eigenvalue weighted by Crippen LogP contribution is -2.32. The molecule has 0 aliphatic carbocycles. The third kappa shape index (κ3) is 1.91. The first-order valence-corrected chi connectivity index (χ1v) is 5.38. The van der Waals surface area contributed by atoms with Gasteiger partial charge in [-0.1, -0.05) is 30.3 Å². The minimum absolute atomic E-state index is 0.128. The molecule has 0 bridgehead atoms. The average molecular weight is 218 g/mol. The van der Waals surface area contributed by atoms with Gasteiger partial charge in [0.25, 0.3) is 5.91 Å². The molecular weight excluding hydrogens is 204 g/mol. The fourth-order valence-corrected chi connectivity index (χ4v) is 1.86. The number of urea groups is 1. The highest BCUT2D eigenvalue weighted by Gasteiger charge is 2.36. The number of nitrogens with one attached hydrogen (secondary N) is 1. The molecule has 1 saturated heterocycles. The van der Waals surface area contributed by atoms with Crippen molar-refractivity contribution >= 4 is 11.9 Å². The third-order valence-corrected chi connectivity index (χ3v) is 2.71. The second kappa shape index (κ2) is 4.35. The first-order chi connectivity index (χ1) is 7.72. The summed E-state index contributed by atoms with van der Waals surface area (Å²) in [6, 6.07) is 8.99. The highest BCUT2D eigenvalue weighted by molar-refractivity contribution is 6.04. The second-order valence-electron chi connectivity index (χ2n) is 3.77. The van der Waals surface area contributed by atoms with Crippen molar-refractivity contribution in [3.63, 3.8) is 0 Å². The first-order valence-electron chi connectivity index (χ1n) is 5.38. The van der Waals surface area contributed by atoms with E-state index in [4.69, 9.17) is 0 Å². The van der Waals surface area contributed by atoms with Crippen LogP contribution in [-0.2, 0) is 11.2 Å². The molecule has 0 aromatic heterocycles. The number of benzene rings is 1. The molecule has 4 nitrogen and oxygen atoms in total. The molecule has 1 aromatic carbocycles. The highest BCUT2D eigenvalue weighted by Crippen LogP contribution is 2.11. The molecule has 1 aromatic rings. The fourth-order valence-electron chi connectivity index (χ4n) is 1.86. The summed E-state index contributed by atoms with van der Waals surface area (Å²) in [6.45, 7) is 2.22. The molecule has 0 radical (unpaired) electrons. The number of likely N-dealkylation sites (N-methyl/N-ethyl adjacent to an activating group) is 1.